The zero-order valence-electron chi connectivity index (χ0n) is 14.1. The van der Waals surface area contributed by atoms with Crippen LogP contribution in [0.1, 0.15) is 21.5 Å². The minimum absolute atomic E-state index is 0.00650. The number of nitrogens with one attached hydrogen (secondary N) is 2. The molecule has 9 heteroatoms. The summed E-state index contributed by atoms with van der Waals surface area (Å²) in [5.74, 6) is -0.438. The summed E-state index contributed by atoms with van der Waals surface area (Å²) >= 11 is 1.18. The van der Waals surface area contributed by atoms with E-state index in [0.717, 1.165) is 5.56 Å². The molecular weight excluding hydrogens is 372 g/mol. The molecule has 0 atom stereocenters. The molecule has 0 saturated heterocycles. The summed E-state index contributed by atoms with van der Waals surface area (Å²) in [6, 6.07) is 11.5. The van der Waals surface area contributed by atoms with E-state index < -0.39 is 15.9 Å². The molecule has 0 aliphatic rings. The number of aryl methyl sites for hydroxylation is 2. The number of carbonyl (C=O) groups excluding carboxylic acids is 1. The first kappa shape index (κ1) is 18.0. The largest absolute Gasteiger partial charge is 0.296 e. The summed E-state index contributed by atoms with van der Waals surface area (Å²) in [5, 5.41) is 10.4. The zero-order chi connectivity index (χ0) is 18.7. The van der Waals surface area contributed by atoms with Gasteiger partial charge in [0.15, 0.2) is 0 Å². The van der Waals surface area contributed by atoms with Gasteiger partial charge in [0.05, 0.1) is 4.90 Å². The van der Waals surface area contributed by atoms with Gasteiger partial charge >= 0.3 is 0 Å². The summed E-state index contributed by atoms with van der Waals surface area (Å²) < 4.78 is 27.8. The number of nitrogens with zero attached hydrogens (tertiary/aromatic N) is 2. The van der Waals surface area contributed by atoms with Crippen LogP contribution in [0.3, 0.4) is 0 Å². The molecule has 2 aromatic carbocycles. The summed E-state index contributed by atoms with van der Waals surface area (Å²) in [7, 11) is -3.82. The van der Waals surface area contributed by atoms with Crippen LogP contribution in [0.25, 0.3) is 0 Å². The van der Waals surface area contributed by atoms with Gasteiger partial charge in [-0.3, -0.25) is 14.8 Å². The predicted molar refractivity (Wildman–Crippen MR) is 101 cm³/mol. The summed E-state index contributed by atoms with van der Waals surface area (Å²) in [6.07, 6.45) is 0. The van der Waals surface area contributed by atoms with Gasteiger partial charge < -0.3 is 0 Å². The van der Waals surface area contributed by atoms with E-state index in [0.29, 0.717) is 16.4 Å². The third kappa shape index (κ3) is 4.06. The standard InChI is InChI=1S/C17H16N4O3S2/c1-11-4-3-5-13(8-11)21-26(23,24)14-7-6-12(2)15(9-14)16(22)19-17-20-18-10-25-17/h3-10,21H,1-2H3,(H,19,20,22). The van der Waals surface area contributed by atoms with Crippen LogP contribution in [0, 0.1) is 13.8 Å². The fourth-order valence-electron chi connectivity index (χ4n) is 2.33. The highest BCUT2D eigenvalue weighted by Crippen LogP contribution is 2.21. The lowest BCUT2D eigenvalue weighted by Crippen LogP contribution is -2.17. The quantitative estimate of drug-likeness (QED) is 0.699. The lowest BCUT2D eigenvalue weighted by atomic mass is 10.1. The van der Waals surface area contributed by atoms with Crippen LogP contribution in [-0.4, -0.2) is 24.5 Å². The van der Waals surface area contributed by atoms with Gasteiger partial charge in [-0.05, 0) is 49.2 Å². The molecule has 0 saturated carbocycles. The minimum Gasteiger partial charge on any atom is -0.296 e. The summed E-state index contributed by atoms with van der Waals surface area (Å²) in [6.45, 7) is 3.61. The third-order valence-corrected chi connectivity index (χ3v) is 5.60. The van der Waals surface area contributed by atoms with Crippen molar-refractivity contribution in [2.75, 3.05) is 10.0 Å². The number of hydrogen-bond donors (Lipinski definition) is 2. The molecule has 134 valence electrons. The Balaban J connectivity index is 1.89. The van der Waals surface area contributed by atoms with Crippen molar-refractivity contribution in [1.82, 2.24) is 10.2 Å². The van der Waals surface area contributed by atoms with E-state index in [4.69, 9.17) is 0 Å². The van der Waals surface area contributed by atoms with Crippen molar-refractivity contribution < 1.29 is 13.2 Å². The Hall–Kier alpha value is -2.78. The van der Waals surface area contributed by atoms with Crippen molar-refractivity contribution in [2.45, 2.75) is 18.7 Å². The van der Waals surface area contributed by atoms with Crippen molar-refractivity contribution in [2.24, 2.45) is 0 Å². The molecule has 3 rings (SSSR count). The van der Waals surface area contributed by atoms with E-state index in [2.05, 4.69) is 20.2 Å². The third-order valence-electron chi connectivity index (χ3n) is 3.61. The highest BCUT2D eigenvalue weighted by atomic mass is 32.2. The lowest BCUT2D eigenvalue weighted by Gasteiger charge is -2.11. The summed E-state index contributed by atoms with van der Waals surface area (Å²) in [4.78, 5) is 12.4. The molecule has 1 amide bonds. The molecule has 0 fully saturated rings. The number of benzene rings is 2. The summed E-state index contributed by atoms with van der Waals surface area (Å²) in [5.41, 5.74) is 3.81. The average Bonchev–Trinajstić information content (AvgIpc) is 3.07. The Kier molecular flexibility index (Phi) is 5.01. The van der Waals surface area contributed by atoms with Crippen molar-refractivity contribution in [3.63, 3.8) is 0 Å². The number of sulfonamides is 1. The van der Waals surface area contributed by atoms with Gasteiger partial charge in [0.1, 0.15) is 5.51 Å². The average molecular weight is 388 g/mol. The molecule has 0 unspecified atom stereocenters. The van der Waals surface area contributed by atoms with Gasteiger partial charge in [-0.25, -0.2) is 8.42 Å². The van der Waals surface area contributed by atoms with Crippen LogP contribution in [-0.2, 0) is 10.0 Å². The van der Waals surface area contributed by atoms with Gasteiger partial charge in [-0.15, -0.1) is 10.2 Å². The first-order valence-electron chi connectivity index (χ1n) is 7.63. The lowest BCUT2D eigenvalue weighted by molar-refractivity contribution is 0.102. The fourth-order valence-corrected chi connectivity index (χ4v) is 3.84. The maximum absolute atomic E-state index is 12.7. The smallest absolute Gasteiger partial charge is 0.261 e. The second-order valence-corrected chi connectivity index (χ2v) is 8.17. The van der Waals surface area contributed by atoms with Crippen molar-refractivity contribution in [1.29, 1.82) is 0 Å². The normalized spacial score (nSPS) is 11.2. The van der Waals surface area contributed by atoms with E-state index in [1.807, 2.05) is 13.0 Å². The Morgan fingerprint density at radius 1 is 1.12 bits per heavy atom. The van der Waals surface area contributed by atoms with Crippen molar-refractivity contribution in [3.8, 4) is 0 Å². The Bertz CT molecular complexity index is 1050. The molecule has 1 aromatic heterocycles. The van der Waals surface area contributed by atoms with Crippen LogP contribution < -0.4 is 10.0 Å². The monoisotopic (exact) mass is 388 g/mol. The highest BCUT2D eigenvalue weighted by Gasteiger charge is 2.19. The SMILES string of the molecule is Cc1cccc(NS(=O)(=O)c2ccc(C)c(C(=O)Nc3nncs3)c2)c1. The molecule has 3 aromatic rings. The van der Waals surface area contributed by atoms with Gasteiger partial charge in [0, 0.05) is 11.3 Å². The van der Waals surface area contributed by atoms with Gasteiger partial charge in [-0.2, -0.15) is 0 Å². The number of hydrogen-bond acceptors (Lipinski definition) is 6. The maximum Gasteiger partial charge on any atom is 0.261 e. The molecule has 0 radical (unpaired) electrons. The molecule has 0 spiro atoms. The molecule has 0 bridgehead atoms. The number of aromatic nitrogens is 2. The molecule has 1 heterocycles. The van der Waals surface area contributed by atoms with Gasteiger partial charge in [0.2, 0.25) is 5.13 Å². The minimum atomic E-state index is -3.82. The molecular formula is C17H16N4O3S2. The molecule has 0 aliphatic heterocycles. The van der Waals surface area contributed by atoms with Crippen LogP contribution in [0.2, 0.25) is 0 Å². The first-order valence-corrected chi connectivity index (χ1v) is 9.99. The van der Waals surface area contributed by atoms with Gasteiger partial charge in [-0.1, -0.05) is 29.5 Å². The van der Waals surface area contributed by atoms with Gasteiger partial charge in [0.25, 0.3) is 15.9 Å². The van der Waals surface area contributed by atoms with Crippen LogP contribution in [0.4, 0.5) is 10.8 Å². The Morgan fingerprint density at radius 2 is 1.92 bits per heavy atom. The van der Waals surface area contributed by atoms with Crippen LogP contribution >= 0.6 is 11.3 Å². The van der Waals surface area contributed by atoms with E-state index >= 15 is 0 Å². The Labute approximate surface area is 155 Å². The van der Waals surface area contributed by atoms with Crippen molar-refractivity contribution in [3.05, 3.63) is 64.7 Å². The van der Waals surface area contributed by atoms with E-state index in [-0.39, 0.29) is 10.5 Å². The fraction of sp³-hybridized carbons (Fsp3) is 0.118. The highest BCUT2D eigenvalue weighted by molar-refractivity contribution is 7.92. The zero-order valence-corrected chi connectivity index (χ0v) is 15.7. The first-order chi connectivity index (χ1) is 12.3. The topological polar surface area (TPSA) is 101 Å². The van der Waals surface area contributed by atoms with Crippen molar-refractivity contribution >= 4 is 38.1 Å². The maximum atomic E-state index is 12.7. The van der Waals surface area contributed by atoms with E-state index in [1.54, 1.807) is 31.2 Å². The molecule has 7 nitrogen and oxygen atoms in total. The molecule has 26 heavy (non-hydrogen) atoms. The van der Waals surface area contributed by atoms with Crippen LogP contribution in [0.5, 0.6) is 0 Å². The second kappa shape index (κ2) is 7.22. The predicted octanol–water partition coefficient (Wildman–Crippen LogP) is 3.21. The second-order valence-electron chi connectivity index (χ2n) is 5.65. The van der Waals surface area contributed by atoms with E-state index in [9.17, 15) is 13.2 Å². The molecule has 0 aliphatic carbocycles. The number of rotatable bonds is 5. The number of carbonyl (C=O) groups is 1. The van der Waals surface area contributed by atoms with E-state index in [1.165, 1.54) is 29.0 Å². The molecule has 2 N–H and O–H groups in total. The number of anilines is 2. The Morgan fingerprint density at radius 3 is 2.62 bits per heavy atom. The van der Waals surface area contributed by atoms with Crippen LogP contribution in [0.15, 0.2) is 52.9 Å². The number of amides is 1.